The molecule has 2 aromatic rings. The zero-order valence-electron chi connectivity index (χ0n) is 22.0. The van der Waals surface area contributed by atoms with Crippen LogP contribution in [0.15, 0.2) is 54.6 Å². The molecule has 3 fully saturated rings. The van der Waals surface area contributed by atoms with Crippen LogP contribution in [0.2, 0.25) is 0 Å². The van der Waals surface area contributed by atoms with Crippen LogP contribution in [-0.2, 0) is 16.1 Å². The van der Waals surface area contributed by atoms with Crippen molar-refractivity contribution in [3.63, 3.8) is 0 Å². The number of para-hydroxylation sites is 1. The molecule has 0 spiro atoms. The molecule has 37 heavy (non-hydrogen) atoms. The van der Waals surface area contributed by atoms with Crippen LogP contribution in [0.1, 0.15) is 24.8 Å². The van der Waals surface area contributed by atoms with Gasteiger partial charge in [-0.15, -0.1) is 0 Å². The number of likely N-dealkylation sites (tertiary alicyclic amines) is 1. The fourth-order valence-corrected chi connectivity index (χ4v) is 6.09. The van der Waals surface area contributed by atoms with Gasteiger partial charge in [0.25, 0.3) is 0 Å². The summed E-state index contributed by atoms with van der Waals surface area (Å²) >= 11 is 0. The molecule has 0 radical (unpaired) electrons. The predicted molar refractivity (Wildman–Crippen MR) is 145 cm³/mol. The summed E-state index contributed by atoms with van der Waals surface area (Å²) in [4.78, 5) is 35.2. The molecule has 0 aliphatic carbocycles. The monoisotopic (exact) mass is 505 g/mol. The Morgan fingerprint density at radius 2 is 1.73 bits per heavy atom. The first kappa shape index (κ1) is 25.5. The van der Waals surface area contributed by atoms with E-state index < -0.39 is 0 Å². The Morgan fingerprint density at radius 1 is 1.00 bits per heavy atom. The number of nitrogens with one attached hydrogen (secondary N) is 1. The van der Waals surface area contributed by atoms with Crippen LogP contribution in [0.4, 0.5) is 5.69 Å². The third-order valence-corrected chi connectivity index (χ3v) is 8.34. The third-order valence-electron chi connectivity index (χ3n) is 8.34. The number of piperazine rings is 1. The Morgan fingerprint density at radius 3 is 2.43 bits per heavy atom. The van der Waals surface area contributed by atoms with Gasteiger partial charge in [-0.05, 0) is 49.7 Å². The minimum absolute atomic E-state index is 0.105. The number of fused-ring (bicyclic) bond motifs is 1. The van der Waals surface area contributed by atoms with Gasteiger partial charge in [-0.2, -0.15) is 0 Å². The van der Waals surface area contributed by atoms with Gasteiger partial charge in [-0.1, -0.05) is 30.3 Å². The van der Waals surface area contributed by atoms with Crippen LogP contribution < -0.4 is 15.0 Å². The zero-order valence-corrected chi connectivity index (χ0v) is 22.0. The molecule has 3 saturated heterocycles. The molecule has 3 atom stereocenters. The summed E-state index contributed by atoms with van der Waals surface area (Å²) in [6.07, 6.45) is 2.23. The molecule has 1 N–H and O–H groups in total. The number of benzene rings is 2. The van der Waals surface area contributed by atoms with E-state index in [2.05, 4.69) is 63.5 Å². The molecule has 198 valence electrons. The second-order valence-corrected chi connectivity index (χ2v) is 10.4. The second-order valence-electron chi connectivity index (χ2n) is 10.4. The van der Waals surface area contributed by atoms with Gasteiger partial charge in [-0.25, -0.2) is 0 Å². The fourth-order valence-electron chi connectivity index (χ4n) is 6.09. The molecular formula is C29H39N5O3. The van der Waals surface area contributed by atoms with Gasteiger partial charge in [0, 0.05) is 70.0 Å². The minimum atomic E-state index is -0.168. The number of rotatable bonds is 7. The summed E-state index contributed by atoms with van der Waals surface area (Å²) in [5.74, 6) is 1.17. The van der Waals surface area contributed by atoms with Gasteiger partial charge in [0.2, 0.25) is 11.8 Å². The van der Waals surface area contributed by atoms with E-state index in [1.54, 1.807) is 7.11 Å². The SMILES string of the molecule is COc1ccc(CN2CC[C@H]3[C@H]2C(=O)NC[C@H](CCC(=O)N2CCN(c4ccccc4)CC2)N3C)cc1. The van der Waals surface area contributed by atoms with Crippen LogP contribution >= 0.6 is 0 Å². The first-order valence-corrected chi connectivity index (χ1v) is 13.5. The quantitative estimate of drug-likeness (QED) is 0.622. The highest BCUT2D eigenvalue weighted by molar-refractivity contribution is 5.83. The molecule has 5 rings (SSSR count). The van der Waals surface area contributed by atoms with E-state index in [-0.39, 0.29) is 29.9 Å². The van der Waals surface area contributed by atoms with E-state index in [9.17, 15) is 9.59 Å². The maximum atomic E-state index is 13.1. The van der Waals surface area contributed by atoms with E-state index in [0.29, 0.717) is 13.0 Å². The lowest BCUT2D eigenvalue weighted by Crippen LogP contribution is -2.50. The average Bonchev–Trinajstić information content (AvgIpc) is 3.32. The number of ether oxygens (including phenoxy) is 1. The Balaban J connectivity index is 1.14. The molecule has 0 saturated carbocycles. The third kappa shape index (κ3) is 5.75. The molecule has 8 nitrogen and oxygen atoms in total. The number of carbonyl (C=O) groups excluding carboxylic acids is 2. The van der Waals surface area contributed by atoms with E-state index in [1.165, 1.54) is 11.3 Å². The van der Waals surface area contributed by atoms with Crippen molar-refractivity contribution in [2.45, 2.75) is 43.9 Å². The Hall–Kier alpha value is -3.10. The molecule has 0 aromatic heterocycles. The van der Waals surface area contributed by atoms with Crippen molar-refractivity contribution in [1.29, 1.82) is 0 Å². The minimum Gasteiger partial charge on any atom is -0.497 e. The Labute approximate surface area is 220 Å². The van der Waals surface area contributed by atoms with E-state index in [0.717, 1.165) is 57.9 Å². The van der Waals surface area contributed by atoms with Crippen LogP contribution in [0.3, 0.4) is 0 Å². The van der Waals surface area contributed by atoms with Crippen LogP contribution in [0.25, 0.3) is 0 Å². The zero-order chi connectivity index (χ0) is 25.8. The number of anilines is 1. The maximum Gasteiger partial charge on any atom is 0.239 e. The smallest absolute Gasteiger partial charge is 0.239 e. The van der Waals surface area contributed by atoms with Crippen LogP contribution in [0, 0.1) is 0 Å². The predicted octanol–water partition coefficient (Wildman–Crippen LogP) is 2.20. The van der Waals surface area contributed by atoms with Crippen LogP contribution in [0.5, 0.6) is 5.75 Å². The standard InChI is InChI=1S/C29H39N5O3/c1-31-24(10-13-27(35)33-18-16-32(17-19-33)23-6-4-3-5-7-23)20-30-29(36)28-26(31)14-15-34(28)21-22-8-11-25(37-2)12-9-22/h3-9,11-12,24,26,28H,10,13-21H2,1-2H3,(H,30,36)/t24-,26-,28-/m0/s1. The van der Waals surface area contributed by atoms with Crippen molar-refractivity contribution in [3.8, 4) is 5.75 Å². The highest BCUT2D eigenvalue weighted by Crippen LogP contribution is 2.29. The van der Waals surface area contributed by atoms with Crippen molar-refractivity contribution in [2.24, 2.45) is 0 Å². The summed E-state index contributed by atoms with van der Waals surface area (Å²) in [6.45, 7) is 5.46. The van der Waals surface area contributed by atoms with Gasteiger partial charge < -0.3 is 19.9 Å². The summed E-state index contributed by atoms with van der Waals surface area (Å²) in [7, 11) is 3.80. The molecule has 2 aromatic carbocycles. The van der Waals surface area contributed by atoms with Crippen molar-refractivity contribution in [3.05, 3.63) is 60.2 Å². The first-order chi connectivity index (χ1) is 18.0. The number of hydrogen-bond acceptors (Lipinski definition) is 6. The topological polar surface area (TPSA) is 68.4 Å². The molecule has 3 heterocycles. The Kier molecular flexibility index (Phi) is 7.96. The molecule has 3 aliphatic heterocycles. The number of amides is 2. The lowest BCUT2D eigenvalue weighted by molar-refractivity contribution is -0.132. The summed E-state index contributed by atoms with van der Waals surface area (Å²) in [5.41, 5.74) is 2.40. The first-order valence-electron chi connectivity index (χ1n) is 13.5. The lowest BCUT2D eigenvalue weighted by Gasteiger charge is -2.37. The summed E-state index contributed by atoms with van der Waals surface area (Å²) in [6, 6.07) is 18.6. The molecule has 8 heteroatoms. The highest BCUT2D eigenvalue weighted by Gasteiger charge is 2.45. The normalized spacial score (nSPS) is 24.9. The van der Waals surface area contributed by atoms with Crippen molar-refractivity contribution >= 4 is 17.5 Å². The fraction of sp³-hybridized carbons (Fsp3) is 0.517. The van der Waals surface area contributed by atoms with Gasteiger partial charge >= 0.3 is 0 Å². The number of hydrogen-bond donors (Lipinski definition) is 1. The van der Waals surface area contributed by atoms with E-state index >= 15 is 0 Å². The van der Waals surface area contributed by atoms with Crippen LogP contribution in [-0.4, -0.2) is 98.1 Å². The molecule has 0 unspecified atom stereocenters. The molecule has 0 bridgehead atoms. The summed E-state index contributed by atoms with van der Waals surface area (Å²) < 4.78 is 5.27. The Bertz CT molecular complexity index is 1050. The van der Waals surface area contributed by atoms with E-state index in [4.69, 9.17) is 4.74 Å². The number of likely N-dealkylation sites (N-methyl/N-ethyl adjacent to an activating group) is 1. The maximum absolute atomic E-state index is 13.1. The molecular weight excluding hydrogens is 466 g/mol. The number of nitrogens with zero attached hydrogens (tertiary/aromatic N) is 4. The van der Waals surface area contributed by atoms with E-state index in [1.807, 2.05) is 23.1 Å². The largest absolute Gasteiger partial charge is 0.497 e. The highest BCUT2D eigenvalue weighted by atomic mass is 16.5. The van der Waals surface area contributed by atoms with Crippen molar-refractivity contribution in [1.82, 2.24) is 20.0 Å². The number of carbonyl (C=O) groups is 2. The lowest BCUT2D eigenvalue weighted by atomic mass is 10.0. The van der Waals surface area contributed by atoms with Crippen molar-refractivity contribution < 1.29 is 14.3 Å². The van der Waals surface area contributed by atoms with Gasteiger partial charge in [0.05, 0.1) is 7.11 Å². The van der Waals surface area contributed by atoms with Gasteiger partial charge in [-0.3, -0.25) is 19.4 Å². The van der Waals surface area contributed by atoms with Crippen molar-refractivity contribution in [2.75, 3.05) is 58.3 Å². The second kappa shape index (κ2) is 11.5. The average molecular weight is 506 g/mol. The molecule has 3 aliphatic rings. The van der Waals surface area contributed by atoms with Gasteiger partial charge in [0.15, 0.2) is 0 Å². The molecule has 2 amide bonds. The van der Waals surface area contributed by atoms with Gasteiger partial charge in [0.1, 0.15) is 11.8 Å². The number of methoxy groups -OCH3 is 1. The summed E-state index contributed by atoms with van der Waals surface area (Å²) in [5, 5.41) is 3.18.